The second kappa shape index (κ2) is 10.5. The van der Waals surface area contributed by atoms with Gasteiger partial charge in [0.25, 0.3) is 0 Å². The van der Waals surface area contributed by atoms with Crippen LogP contribution < -0.4 is 5.32 Å². The van der Waals surface area contributed by atoms with Crippen molar-refractivity contribution < 1.29 is 27.9 Å². The van der Waals surface area contributed by atoms with Crippen LogP contribution in [-0.4, -0.2) is 40.9 Å². The van der Waals surface area contributed by atoms with E-state index < -0.39 is 29.7 Å². The molecule has 1 aliphatic heterocycles. The average Bonchev–Trinajstić information content (AvgIpc) is 3.02. The molecule has 6 nitrogen and oxygen atoms in total. The second-order valence-electron chi connectivity index (χ2n) is 8.08. The zero-order valence-electron chi connectivity index (χ0n) is 17.9. The van der Waals surface area contributed by atoms with Gasteiger partial charge in [-0.25, -0.2) is 13.6 Å². The van der Waals surface area contributed by atoms with Gasteiger partial charge in [-0.2, -0.15) is 0 Å². The third-order valence-electron chi connectivity index (χ3n) is 5.38. The van der Waals surface area contributed by atoms with Crippen LogP contribution in [0.25, 0.3) is 0 Å². The number of ether oxygens (including phenoxy) is 1. The zero-order chi connectivity index (χ0) is 22.4. The molecule has 1 fully saturated rings. The van der Waals surface area contributed by atoms with Crippen molar-refractivity contribution in [2.24, 2.45) is 5.92 Å². The van der Waals surface area contributed by atoms with E-state index in [-0.39, 0.29) is 48.8 Å². The summed E-state index contributed by atoms with van der Waals surface area (Å²) in [5.74, 6) is -3.24. The van der Waals surface area contributed by atoms with E-state index in [1.54, 1.807) is 20.8 Å². The maximum Gasteiger partial charge on any atom is 0.329 e. The second-order valence-corrected chi connectivity index (χ2v) is 8.08. The van der Waals surface area contributed by atoms with E-state index in [1.165, 1.54) is 17.0 Å². The first-order valence-electron chi connectivity index (χ1n) is 10.4. The summed E-state index contributed by atoms with van der Waals surface area (Å²) in [6.45, 7) is 7.19. The van der Waals surface area contributed by atoms with Gasteiger partial charge in [0.15, 0.2) is 11.6 Å². The maximum atomic E-state index is 14.0. The highest BCUT2D eigenvalue weighted by Gasteiger charge is 2.34. The third-order valence-corrected chi connectivity index (χ3v) is 5.38. The van der Waals surface area contributed by atoms with Gasteiger partial charge in [-0.15, -0.1) is 0 Å². The molecule has 3 atom stereocenters. The Morgan fingerprint density at radius 1 is 1.27 bits per heavy atom. The molecule has 0 aliphatic carbocycles. The normalized spacial score (nSPS) is 18.4. The van der Waals surface area contributed by atoms with E-state index in [1.807, 2.05) is 6.92 Å². The van der Waals surface area contributed by atoms with Crippen molar-refractivity contribution in [2.75, 3.05) is 0 Å². The highest BCUT2D eigenvalue weighted by molar-refractivity contribution is 5.86. The van der Waals surface area contributed by atoms with E-state index in [0.29, 0.717) is 12.8 Å². The first-order chi connectivity index (χ1) is 14.1. The third kappa shape index (κ3) is 6.00. The minimum Gasteiger partial charge on any atom is -0.461 e. The fourth-order valence-electron chi connectivity index (χ4n) is 3.38. The van der Waals surface area contributed by atoms with Gasteiger partial charge in [0.1, 0.15) is 6.04 Å². The molecule has 1 aromatic carbocycles. The van der Waals surface area contributed by atoms with Gasteiger partial charge < -0.3 is 15.0 Å². The molecule has 0 unspecified atom stereocenters. The van der Waals surface area contributed by atoms with E-state index >= 15 is 0 Å². The number of esters is 1. The lowest BCUT2D eigenvalue weighted by molar-refractivity contribution is -0.153. The smallest absolute Gasteiger partial charge is 0.329 e. The largest absolute Gasteiger partial charge is 0.461 e. The molecule has 8 heteroatoms. The Balaban J connectivity index is 2.03. The lowest BCUT2D eigenvalue weighted by Gasteiger charge is -2.27. The van der Waals surface area contributed by atoms with Crippen molar-refractivity contribution in [1.29, 1.82) is 0 Å². The van der Waals surface area contributed by atoms with Crippen LogP contribution in [0.5, 0.6) is 0 Å². The molecule has 1 saturated heterocycles. The number of halogens is 2. The molecule has 1 heterocycles. The van der Waals surface area contributed by atoms with Crippen LogP contribution in [0.15, 0.2) is 18.2 Å². The van der Waals surface area contributed by atoms with Crippen molar-refractivity contribution >= 4 is 17.8 Å². The van der Waals surface area contributed by atoms with Crippen LogP contribution >= 0.6 is 0 Å². The lowest BCUT2D eigenvalue weighted by Crippen LogP contribution is -2.47. The Morgan fingerprint density at radius 2 is 1.97 bits per heavy atom. The molecule has 0 radical (unpaired) electrons. The number of benzene rings is 1. The number of hydrogen-bond acceptors (Lipinski definition) is 4. The summed E-state index contributed by atoms with van der Waals surface area (Å²) in [7, 11) is 0. The van der Waals surface area contributed by atoms with Crippen molar-refractivity contribution in [1.82, 2.24) is 10.2 Å². The number of likely N-dealkylation sites (tertiary alicyclic amines) is 1. The summed E-state index contributed by atoms with van der Waals surface area (Å²) < 4.78 is 32.8. The molecule has 0 aromatic heterocycles. The van der Waals surface area contributed by atoms with E-state index in [2.05, 4.69) is 5.32 Å². The highest BCUT2D eigenvalue weighted by atomic mass is 19.2. The Bertz CT molecular complexity index is 784. The van der Waals surface area contributed by atoms with E-state index in [0.717, 1.165) is 6.07 Å². The number of rotatable bonds is 9. The molecular weight excluding hydrogens is 394 g/mol. The fraction of sp³-hybridized carbons (Fsp3) is 0.591. The van der Waals surface area contributed by atoms with E-state index in [9.17, 15) is 23.2 Å². The standard InChI is InChI=1S/C22H30F2N2O4/c1-5-14(4)30-22(29)21(13(2)3)25-18(27)11-16-9-10-19(28)26(16)12-15-7-6-8-17(23)20(15)24/h6-8,13-14,16,21H,5,9-12H2,1-4H3,(H,25,27)/t14-,16+,21+/m1/s1. The minimum atomic E-state index is -0.993. The highest BCUT2D eigenvalue weighted by Crippen LogP contribution is 2.25. The van der Waals surface area contributed by atoms with Crippen molar-refractivity contribution in [2.45, 2.75) is 78.1 Å². The van der Waals surface area contributed by atoms with Crippen molar-refractivity contribution in [3.05, 3.63) is 35.4 Å². The Kier molecular flexibility index (Phi) is 8.32. The monoisotopic (exact) mass is 424 g/mol. The molecule has 2 rings (SSSR count). The van der Waals surface area contributed by atoms with Crippen LogP contribution in [0.2, 0.25) is 0 Å². The number of carbonyl (C=O) groups excluding carboxylic acids is 3. The van der Waals surface area contributed by atoms with Gasteiger partial charge >= 0.3 is 5.97 Å². The summed E-state index contributed by atoms with van der Waals surface area (Å²) in [4.78, 5) is 38.6. The van der Waals surface area contributed by atoms with Gasteiger partial charge in [-0.1, -0.05) is 32.9 Å². The zero-order valence-corrected chi connectivity index (χ0v) is 17.9. The maximum absolute atomic E-state index is 14.0. The molecule has 0 bridgehead atoms. The average molecular weight is 424 g/mol. The molecule has 166 valence electrons. The molecule has 30 heavy (non-hydrogen) atoms. The number of nitrogens with one attached hydrogen (secondary N) is 1. The minimum absolute atomic E-state index is 0.0253. The van der Waals surface area contributed by atoms with Crippen LogP contribution in [-0.2, 0) is 25.7 Å². The van der Waals surface area contributed by atoms with Gasteiger partial charge in [0.2, 0.25) is 11.8 Å². The SMILES string of the molecule is CC[C@@H](C)OC(=O)[C@@H](NC(=O)C[C@@H]1CCC(=O)N1Cc1cccc(F)c1F)C(C)C. The molecule has 2 amide bonds. The molecule has 1 N–H and O–H groups in total. The first kappa shape index (κ1) is 23.8. The number of nitrogens with zero attached hydrogens (tertiary/aromatic N) is 1. The van der Waals surface area contributed by atoms with E-state index in [4.69, 9.17) is 4.74 Å². The summed E-state index contributed by atoms with van der Waals surface area (Å²) in [5.41, 5.74) is 0.0628. The Hall–Kier alpha value is -2.51. The quantitative estimate of drug-likeness (QED) is 0.617. The summed E-state index contributed by atoms with van der Waals surface area (Å²) in [6.07, 6.45) is 1.06. The Morgan fingerprint density at radius 3 is 2.60 bits per heavy atom. The Labute approximate surface area is 176 Å². The van der Waals surface area contributed by atoms with Crippen LogP contribution in [0.3, 0.4) is 0 Å². The lowest BCUT2D eigenvalue weighted by atomic mass is 10.0. The predicted molar refractivity (Wildman–Crippen MR) is 107 cm³/mol. The summed E-state index contributed by atoms with van der Waals surface area (Å²) >= 11 is 0. The summed E-state index contributed by atoms with van der Waals surface area (Å²) in [5, 5.41) is 2.71. The van der Waals surface area contributed by atoms with Gasteiger partial charge in [-0.05, 0) is 31.7 Å². The molecule has 1 aromatic rings. The van der Waals surface area contributed by atoms with Gasteiger partial charge in [0, 0.05) is 31.0 Å². The summed E-state index contributed by atoms with van der Waals surface area (Å²) in [6, 6.07) is 2.57. The number of hydrogen-bond donors (Lipinski definition) is 1. The van der Waals surface area contributed by atoms with Crippen molar-refractivity contribution in [3.8, 4) is 0 Å². The van der Waals surface area contributed by atoms with Crippen LogP contribution in [0.4, 0.5) is 8.78 Å². The van der Waals surface area contributed by atoms with Crippen molar-refractivity contribution in [3.63, 3.8) is 0 Å². The number of amides is 2. The fourth-order valence-corrected chi connectivity index (χ4v) is 3.38. The molecular formula is C22H30F2N2O4. The van der Waals surface area contributed by atoms with Crippen LogP contribution in [0.1, 0.15) is 58.9 Å². The molecule has 0 spiro atoms. The van der Waals surface area contributed by atoms with Gasteiger partial charge in [0.05, 0.1) is 6.10 Å². The first-order valence-corrected chi connectivity index (χ1v) is 10.4. The van der Waals surface area contributed by atoms with Crippen LogP contribution in [0, 0.1) is 17.6 Å². The topological polar surface area (TPSA) is 75.7 Å². The molecule has 1 aliphatic rings. The predicted octanol–water partition coefficient (Wildman–Crippen LogP) is 3.33. The van der Waals surface area contributed by atoms with Gasteiger partial charge in [-0.3, -0.25) is 9.59 Å². The number of carbonyl (C=O) groups is 3. The molecule has 0 saturated carbocycles.